The third-order valence-electron chi connectivity index (χ3n) is 6.08. The number of nitrogens with zero attached hydrogens (tertiary/aromatic N) is 2. The molecule has 0 radical (unpaired) electrons. The van der Waals surface area contributed by atoms with Gasteiger partial charge in [-0.05, 0) is 50.5 Å². The van der Waals surface area contributed by atoms with E-state index in [0.717, 1.165) is 37.0 Å². The van der Waals surface area contributed by atoms with E-state index < -0.39 is 24.2 Å². The molecule has 0 atom stereocenters. The predicted octanol–water partition coefficient (Wildman–Crippen LogP) is 4.69. The molecule has 2 aromatic heterocycles. The Labute approximate surface area is 180 Å². The fraction of sp³-hybridized carbons (Fsp3) is 0.524. The minimum absolute atomic E-state index is 0.118. The van der Waals surface area contributed by atoms with Crippen LogP contribution in [-0.4, -0.2) is 33.0 Å². The lowest BCUT2D eigenvalue weighted by molar-refractivity contribution is -0.133. The molecule has 0 saturated heterocycles. The summed E-state index contributed by atoms with van der Waals surface area (Å²) in [5.41, 5.74) is 1.56. The number of alkyl halides is 2. The third-order valence-corrected chi connectivity index (χ3v) is 7.22. The molecule has 2 heterocycles. The summed E-state index contributed by atoms with van der Waals surface area (Å²) >= 11 is 1.08. The van der Waals surface area contributed by atoms with Crippen LogP contribution in [-0.2, 0) is 22.4 Å². The average molecular weight is 449 g/mol. The normalized spacial score (nSPS) is 20.5. The van der Waals surface area contributed by atoms with E-state index in [0.29, 0.717) is 39.7 Å². The molecule has 0 aromatic carbocycles. The summed E-state index contributed by atoms with van der Waals surface area (Å²) < 4.78 is 33.5. The van der Waals surface area contributed by atoms with Gasteiger partial charge in [0.25, 0.3) is 17.7 Å². The van der Waals surface area contributed by atoms with Crippen molar-refractivity contribution in [2.45, 2.75) is 69.6 Å². The van der Waals surface area contributed by atoms with E-state index in [1.165, 1.54) is 0 Å². The van der Waals surface area contributed by atoms with Crippen LogP contribution in [0.5, 0.6) is 0 Å². The Morgan fingerprint density at radius 3 is 2.61 bits per heavy atom. The summed E-state index contributed by atoms with van der Waals surface area (Å²) in [7, 11) is 0. The number of nitrogens with one attached hydrogen (secondary N) is 1. The Hall–Kier alpha value is -2.62. The van der Waals surface area contributed by atoms with Crippen molar-refractivity contribution < 1.29 is 28.0 Å². The van der Waals surface area contributed by atoms with Crippen molar-refractivity contribution in [3.63, 3.8) is 0 Å². The van der Waals surface area contributed by atoms with Gasteiger partial charge in [-0.1, -0.05) is 5.16 Å². The number of aliphatic carboxylic acids is 1. The van der Waals surface area contributed by atoms with E-state index in [4.69, 9.17) is 4.52 Å². The van der Waals surface area contributed by atoms with Crippen LogP contribution in [0.4, 0.5) is 13.8 Å². The highest BCUT2D eigenvalue weighted by Gasteiger charge is 2.39. The molecule has 1 fully saturated rings. The summed E-state index contributed by atoms with van der Waals surface area (Å²) in [5, 5.41) is 16.6. The molecule has 31 heavy (non-hydrogen) atoms. The maximum atomic E-state index is 14.0. The van der Waals surface area contributed by atoms with Gasteiger partial charge in [0.2, 0.25) is 0 Å². The number of amides is 1. The van der Waals surface area contributed by atoms with Crippen LogP contribution >= 0.6 is 11.3 Å². The van der Waals surface area contributed by atoms with E-state index in [9.17, 15) is 23.5 Å². The maximum absolute atomic E-state index is 14.0. The summed E-state index contributed by atoms with van der Waals surface area (Å²) in [6.45, 7) is 0. The topological polar surface area (TPSA) is 105 Å². The molecular weight excluding hydrogens is 428 g/mol. The zero-order valence-electron chi connectivity index (χ0n) is 16.7. The third kappa shape index (κ3) is 3.88. The fourth-order valence-electron chi connectivity index (χ4n) is 4.28. The fourth-order valence-corrected chi connectivity index (χ4v) is 5.59. The van der Waals surface area contributed by atoms with E-state index in [1.807, 2.05) is 0 Å². The second-order valence-electron chi connectivity index (χ2n) is 8.40. The molecule has 2 N–H and O–H groups in total. The molecule has 7 nitrogen and oxygen atoms in total. The van der Waals surface area contributed by atoms with Crippen molar-refractivity contribution in [2.24, 2.45) is 0 Å². The van der Waals surface area contributed by atoms with Gasteiger partial charge in [-0.25, -0.2) is 13.6 Å². The molecule has 5 rings (SSSR count). The Morgan fingerprint density at radius 1 is 1.16 bits per heavy atom. The van der Waals surface area contributed by atoms with Crippen LogP contribution < -0.4 is 5.32 Å². The molecule has 3 aliphatic rings. The number of thiophene rings is 1. The van der Waals surface area contributed by atoms with Crippen LogP contribution in [0.3, 0.4) is 0 Å². The van der Waals surface area contributed by atoms with Crippen molar-refractivity contribution in [2.75, 3.05) is 5.32 Å². The van der Waals surface area contributed by atoms with Gasteiger partial charge < -0.3 is 14.9 Å². The lowest BCUT2D eigenvalue weighted by Gasteiger charge is -2.21. The minimum atomic E-state index is -2.80. The van der Waals surface area contributed by atoms with Crippen LogP contribution in [0, 0.1) is 0 Å². The predicted molar refractivity (Wildman–Crippen MR) is 108 cm³/mol. The largest absolute Gasteiger partial charge is 0.478 e. The Morgan fingerprint density at radius 2 is 1.90 bits per heavy atom. The highest BCUT2D eigenvalue weighted by Crippen LogP contribution is 2.48. The van der Waals surface area contributed by atoms with Gasteiger partial charge in [-0.3, -0.25) is 4.79 Å². The molecule has 0 aliphatic heterocycles. The van der Waals surface area contributed by atoms with Gasteiger partial charge >= 0.3 is 5.97 Å². The lowest BCUT2D eigenvalue weighted by atomic mass is 9.91. The monoisotopic (exact) mass is 449 g/mol. The highest BCUT2D eigenvalue weighted by atomic mass is 32.1. The van der Waals surface area contributed by atoms with Crippen LogP contribution in [0.25, 0.3) is 11.5 Å². The number of halogens is 2. The van der Waals surface area contributed by atoms with Crippen molar-refractivity contribution in [1.82, 2.24) is 10.1 Å². The maximum Gasteiger partial charge on any atom is 0.332 e. The van der Waals surface area contributed by atoms with Gasteiger partial charge in [-0.15, -0.1) is 11.3 Å². The summed E-state index contributed by atoms with van der Waals surface area (Å²) in [6, 6.07) is 0. The highest BCUT2D eigenvalue weighted by molar-refractivity contribution is 7.17. The van der Waals surface area contributed by atoms with E-state index in [2.05, 4.69) is 15.5 Å². The molecule has 3 aliphatic carbocycles. The van der Waals surface area contributed by atoms with Gasteiger partial charge in [0.15, 0.2) is 5.82 Å². The number of rotatable bonds is 5. The van der Waals surface area contributed by atoms with Crippen molar-refractivity contribution in [1.29, 1.82) is 0 Å². The first-order chi connectivity index (χ1) is 14.8. The zero-order chi connectivity index (χ0) is 21.8. The Kier molecular flexibility index (Phi) is 4.91. The summed E-state index contributed by atoms with van der Waals surface area (Å²) in [6.07, 6.45) is 3.61. The molecule has 0 bridgehead atoms. The molecule has 1 amide bonds. The van der Waals surface area contributed by atoms with E-state index in [1.54, 1.807) is 0 Å². The second-order valence-corrected chi connectivity index (χ2v) is 9.50. The summed E-state index contributed by atoms with van der Waals surface area (Å²) in [5.74, 6) is -3.33. The molecule has 164 valence electrons. The number of anilines is 1. The second kappa shape index (κ2) is 7.51. The SMILES string of the molecule is O=C(O)C1=C(C(=O)Nc2sc3c(c2-c2nc(C4CC4)no2)CCC(F)(F)C3)CCCC1. The number of hydrogen-bond donors (Lipinski definition) is 2. The van der Waals surface area contributed by atoms with Gasteiger partial charge in [-0.2, -0.15) is 4.98 Å². The Balaban J connectivity index is 1.53. The van der Waals surface area contributed by atoms with Gasteiger partial charge in [0, 0.05) is 34.8 Å². The van der Waals surface area contributed by atoms with Crippen molar-refractivity contribution in [3.8, 4) is 11.5 Å². The van der Waals surface area contributed by atoms with Crippen molar-refractivity contribution >= 4 is 28.2 Å². The standard InChI is InChI=1S/C21H21F2N3O4S/c22-21(23)8-7-13-14(9-21)31-19(15(13)18-24-16(26-30-18)10-5-6-10)25-17(27)11-3-1-2-4-12(11)20(28)29/h10H,1-9H2,(H,25,27)(H,28,29). The van der Waals surface area contributed by atoms with Crippen LogP contribution in [0.2, 0.25) is 0 Å². The van der Waals surface area contributed by atoms with Crippen LogP contribution in [0.1, 0.15) is 67.1 Å². The lowest BCUT2D eigenvalue weighted by Crippen LogP contribution is -2.24. The number of hydrogen-bond acceptors (Lipinski definition) is 6. The molecule has 2 aromatic rings. The molecule has 10 heteroatoms. The molecular formula is C21H21F2N3O4S. The van der Waals surface area contributed by atoms with Gasteiger partial charge in [0.1, 0.15) is 5.00 Å². The molecule has 0 unspecified atom stereocenters. The number of aromatic nitrogens is 2. The summed E-state index contributed by atoms with van der Waals surface area (Å²) in [4.78, 5) is 29.5. The molecule has 0 spiro atoms. The smallest absolute Gasteiger partial charge is 0.332 e. The zero-order valence-corrected chi connectivity index (χ0v) is 17.5. The quantitative estimate of drug-likeness (QED) is 0.686. The Bertz CT molecular complexity index is 1100. The average Bonchev–Trinajstić information content (AvgIpc) is 3.36. The van der Waals surface area contributed by atoms with E-state index >= 15 is 0 Å². The van der Waals surface area contributed by atoms with E-state index in [-0.39, 0.29) is 35.8 Å². The first kappa shape index (κ1) is 20.3. The number of carboxylic acid groups (broad SMARTS) is 1. The minimum Gasteiger partial charge on any atom is -0.478 e. The number of carboxylic acids is 1. The van der Waals surface area contributed by atoms with Crippen LogP contribution in [0.15, 0.2) is 15.7 Å². The van der Waals surface area contributed by atoms with Gasteiger partial charge in [0.05, 0.1) is 5.56 Å². The number of carbonyl (C=O) groups is 2. The van der Waals surface area contributed by atoms with Crippen molar-refractivity contribution in [3.05, 3.63) is 27.4 Å². The first-order valence-electron chi connectivity index (χ1n) is 10.5. The molecule has 1 saturated carbocycles. The number of carbonyl (C=O) groups excluding carboxylic acids is 1. The first-order valence-corrected chi connectivity index (χ1v) is 11.3. The number of fused-ring (bicyclic) bond motifs is 1.